The Morgan fingerprint density at radius 1 is 1.29 bits per heavy atom. The van der Waals surface area contributed by atoms with E-state index in [-0.39, 0.29) is 0 Å². The van der Waals surface area contributed by atoms with Crippen LogP contribution in [0.5, 0.6) is 5.75 Å². The minimum atomic E-state index is -0.540. The predicted octanol–water partition coefficient (Wildman–Crippen LogP) is 3.45. The minimum absolute atomic E-state index is 0.310. The molecule has 0 saturated carbocycles. The zero-order valence-corrected chi connectivity index (χ0v) is 12.5. The van der Waals surface area contributed by atoms with Gasteiger partial charge in [-0.15, -0.1) is 0 Å². The molecule has 0 aliphatic heterocycles. The van der Waals surface area contributed by atoms with Crippen LogP contribution in [0.25, 0.3) is 0 Å². The molecule has 0 aliphatic carbocycles. The van der Waals surface area contributed by atoms with E-state index in [4.69, 9.17) is 22.1 Å². The quantitative estimate of drug-likeness (QED) is 0.859. The van der Waals surface area contributed by atoms with E-state index < -0.39 is 5.91 Å². The van der Waals surface area contributed by atoms with Crippen LogP contribution in [0.15, 0.2) is 42.5 Å². The zero-order valence-electron chi connectivity index (χ0n) is 11.7. The summed E-state index contributed by atoms with van der Waals surface area (Å²) in [5, 5.41) is 3.58. The van der Waals surface area contributed by atoms with E-state index >= 15 is 0 Å². The van der Waals surface area contributed by atoms with Crippen molar-refractivity contribution in [2.45, 2.75) is 13.5 Å². The van der Waals surface area contributed by atoms with Gasteiger partial charge in [-0.05, 0) is 42.8 Å². The van der Waals surface area contributed by atoms with Crippen LogP contribution >= 0.6 is 11.6 Å². The molecular formula is C16H17ClN2O2. The summed E-state index contributed by atoms with van der Waals surface area (Å²) < 4.78 is 5.46. The van der Waals surface area contributed by atoms with Crippen molar-refractivity contribution < 1.29 is 9.53 Å². The molecule has 0 radical (unpaired) electrons. The second kappa shape index (κ2) is 6.99. The smallest absolute Gasteiger partial charge is 0.250 e. The van der Waals surface area contributed by atoms with Gasteiger partial charge in [0.1, 0.15) is 5.75 Å². The number of carbonyl (C=O) groups is 1. The lowest BCUT2D eigenvalue weighted by Gasteiger charge is -2.10. The molecule has 2 aromatic rings. The van der Waals surface area contributed by atoms with Gasteiger partial charge in [0.2, 0.25) is 5.91 Å². The molecule has 110 valence electrons. The first kappa shape index (κ1) is 15.2. The molecule has 2 rings (SSSR count). The van der Waals surface area contributed by atoms with Crippen LogP contribution < -0.4 is 15.8 Å². The van der Waals surface area contributed by atoms with Crippen molar-refractivity contribution in [1.29, 1.82) is 0 Å². The molecule has 21 heavy (non-hydrogen) atoms. The summed E-state index contributed by atoms with van der Waals surface area (Å²) in [4.78, 5) is 11.3. The molecule has 3 N–H and O–H groups in total. The lowest BCUT2D eigenvalue weighted by atomic mass is 10.1. The number of hydrogen-bond acceptors (Lipinski definition) is 3. The molecule has 0 aromatic heterocycles. The third kappa shape index (κ3) is 4.13. The number of hydrogen-bond donors (Lipinski definition) is 2. The highest BCUT2D eigenvalue weighted by atomic mass is 35.5. The first-order valence-corrected chi connectivity index (χ1v) is 7.03. The number of benzene rings is 2. The van der Waals surface area contributed by atoms with Crippen LogP contribution in [0.3, 0.4) is 0 Å². The molecule has 0 bridgehead atoms. The van der Waals surface area contributed by atoms with Crippen molar-refractivity contribution in [3.8, 4) is 5.75 Å². The summed E-state index contributed by atoms with van der Waals surface area (Å²) in [6, 6.07) is 12.9. The molecule has 2 aromatic carbocycles. The average Bonchev–Trinajstić information content (AvgIpc) is 2.47. The van der Waals surface area contributed by atoms with Gasteiger partial charge in [-0.2, -0.15) is 0 Å². The summed E-state index contributed by atoms with van der Waals surface area (Å²) in [6.45, 7) is 3.20. The van der Waals surface area contributed by atoms with Crippen LogP contribution in [0.2, 0.25) is 5.02 Å². The molecule has 0 heterocycles. The van der Waals surface area contributed by atoms with Gasteiger partial charge in [0.15, 0.2) is 0 Å². The maximum atomic E-state index is 11.3. The third-order valence-corrected chi connectivity index (χ3v) is 3.27. The van der Waals surface area contributed by atoms with Crippen molar-refractivity contribution in [2.24, 2.45) is 5.73 Å². The van der Waals surface area contributed by atoms with Crippen molar-refractivity contribution in [1.82, 2.24) is 0 Å². The fourth-order valence-electron chi connectivity index (χ4n) is 1.94. The van der Waals surface area contributed by atoms with Crippen LogP contribution in [-0.4, -0.2) is 12.5 Å². The number of rotatable bonds is 6. The van der Waals surface area contributed by atoms with E-state index in [1.165, 1.54) is 0 Å². The minimum Gasteiger partial charge on any atom is -0.494 e. The molecule has 0 aliphatic rings. The Kier molecular flexibility index (Phi) is 5.06. The third-order valence-electron chi connectivity index (χ3n) is 2.94. The van der Waals surface area contributed by atoms with Gasteiger partial charge in [-0.25, -0.2) is 0 Å². The molecule has 1 amide bonds. The highest BCUT2D eigenvalue weighted by Gasteiger charge is 2.07. The van der Waals surface area contributed by atoms with Gasteiger partial charge in [-0.1, -0.05) is 23.7 Å². The Labute approximate surface area is 128 Å². The van der Waals surface area contributed by atoms with Gasteiger partial charge < -0.3 is 15.8 Å². The number of anilines is 1. The Morgan fingerprint density at radius 3 is 2.81 bits per heavy atom. The van der Waals surface area contributed by atoms with Gasteiger partial charge in [0.25, 0.3) is 0 Å². The Balaban J connectivity index is 2.07. The number of primary amides is 1. The molecule has 4 nitrogen and oxygen atoms in total. The standard InChI is InChI=1S/C16H17ClN2O2/c1-2-21-13-5-3-4-11(8-13)10-19-12-6-7-15(17)14(9-12)16(18)20/h3-9,19H,2,10H2,1H3,(H2,18,20). The molecule has 0 unspecified atom stereocenters. The molecule has 0 spiro atoms. The Bertz CT molecular complexity index is 644. The topological polar surface area (TPSA) is 64.3 Å². The van der Waals surface area contributed by atoms with E-state index in [9.17, 15) is 4.79 Å². The van der Waals surface area contributed by atoms with E-state index in [1.54, 1.807) is 18.2 Å². The van der Waals surface area contributed by atoms with E-state index in [0.717, 1.165) is 17.0 Å². The lowest BCUT2D eigenvalue weighted by molar-refractivity contribution is 0.100. The van der Waals surface area contributed by atoms with Gasteiger partial charge in [0.05, 0.1) is 17.2 Å². The van der Waals surface area contributed by atoms with Crippen molar-refractivity contribution in [3.05, 3.63) is 58.6 Å². The maximum Gasteiger partial charge on any atom is 0.250 e. The first-order chi connectivity index (χ1) is 10.1. The largest absolute Gasteiger partial charge is 0.494 e. The van der Waals surface area contributed by atoms with Crippen LogP contribution in [-0.2, 0) is 6.54 Å². The number of carbonyl (C=O) groups excluding carboxylic acids is 1. The van der Waals surface area contributed by atoms with E-state index in [2.05, 4.69) is 5.32 Å². The fourth-order valence-corrected chi connectivity index (χ4v) is 2.15. The Hall–Kier alpha value is -2.20. The summed E-state index contributed by atoms with van der Waals surface area (Å²) in [5.41, 5.74) is 7.45. The average molecular weight is 305 g/mol. The second-order valence-electron chi connectivity index (χ2n) is 4.49. The van der Waals surface area contributed by atoms with Gasteiger partial charge in [0, 0.05) is 12.2 Å². The number of nitrogens with two attached hydrogens (primary N) is 1. The number of ether oxygens (including phenoxy) is 1. The highest BCUT2D eigenvalue weighted by molar-refractivity contribution is 6.33. The normalized spacial score (nSPS) is 10.2. The molecular weight excluding hydrogens is 288 g/mol. The van der Waals surface area contributed by atoms with Crippen LogP contribution in [0, 0.1) is 0 Å². The van der Waals surface area contributed by atoms with E-state index in [1.807, 2.05) is 31.2 Å². The monoisotopic (exact) mass is 304 g/mol. The summed E-state index contributed by atoms with van der Waals surface area (Å²) in [6.07, 6.45) is 0. The zero-order chi connectivity index (χ0) is 15.2. The van der Waals surface area contributed by atoms with Crippen LogP contribution in [0.1, 0.15) is 22.8 Å². The van der Waals surface area contributed by atoms with E-state index in [0.29, 0.717) is 23.7 Å². The fraction of sp³-hybridized carbons (Fsp3) is 0.188. The van der Waals surface area contributed by atoms with Crippen molar-refractivity contribution in [3.63, 3.8) is 0 Å². The van der Waals surface area contributed by atoms with Gasteiger partial charge in [-0.3, -0.25) is 4.79 Å². The van der Waals surface area contributed by atoms with Gasteiger partial charge >= 0.3 is 0 Å². The summed E-state index contributed by atoms with van der Waals surface area (Å²) in [5.74, 6) is 0.299. The highest BCUT2D eigenvalue weighted by Crippen LogP contribution is 2.21. The van der Waals surface area contributed by atoms with Crippen LogP contribution in [0.4, 0.5) is 5.69 Å². The molecule has 0 saturated heterocycles. The Morgan fingerprint density at radius 2 is 2.10 bits per heavy atom. The summed E-state index contributed by atoms with van der Waals surface area (Å²) >= 11 is 5.92. The predicted molar refractivity (Wildman–Crippen MR) is 84.9 cm³/mol. The molecule has 0 atom stereocenters. The molecule has 5 heteroatoms. The summed E-state index contributed by atoms with van der Waals surface area (Å²) in [7, 11) is 0. The molecule has 0 fully saturated rings. The maximum absolute atomic E-state index is 11.3. The SMILES string of the molecule is CCOc1cccc(CNc2ccc(Cl)c(C(N)=O)c2)c1. The van der Waals surface area contributed by atoms with Crippen molar-refractivity contribution >= 4 is 23.2 Å². The number of nitrogens with one attached hydrogen (secondary N) is 1. The lowest BCUT2D eigenvalue weighted by Crippen LogP contribution is -2.12. The van der Waals surface area contributed by atoms with Crippen molar-refractivity contribution in [2.75, 3.05) is 11.9 Å². The first-order valence-electron chi connectivity index (χ1n) is 6.65. The second-order valence-corrected chi connectivity index (χ2v) is 4.90. The number of amides is 1. The number of halogens is 1.